The molecule has 0 heterocycles. The third kappa shape index (κ3) is 4.79. The van der Waals surface area contributed by atoms with Crippen molar-refractivity contribution in [3.05, 3.63) is 64.2 Å². The molecule has 2 rings (SSSR count). The number of amides is 1. The molecule has 1 amide bonds. The number of para-hydroxylation sites is 3. The number of anilines is 1. The Hall–Kier alpha value is -3.42. The van der Waals surface area contributed by atoms with Crippen LogP contribution in [0.3, 0.4) is 0 Å². The van der Waals surface area contributed by atoms with Gasteiger partial charge in [0, 0.05) is 11.6 Å². The van der Waals surface area contributed by atoms with E-state index in [0.29, 0.717) is 11.3 Å². The molecule has 0 saturated carbocycles. The summed E-state index contributed by atoms with van der Waals surface area (Å²) in [6, 6.07) is 12.7. The summed E-state index contributed by atoms with van der Waals surface area (Å²) in [6.45, 7) is 1.39. The number of hydrogen-bond donors (Lipinski definition) is 1. The van der Waals surface area contributed by atoms with Crippen LogP contribution in [0.5, 0.6) is 5.75 Å². The van der Waals surface area contributed by atoms with Gasteiger partial charge in [0.05, 0.1) is 18.5 Å². The first-order chi connectivity index (χ1) is 12.4. The zero-order valence-corrected chi connectivity index (χ0v) is 14.3. The topological polar surface area (TPSA) is 108 Å². The van der Waals surface area contributed by atoms with Gasteiger partial charge in [0.1, 0.15) is 11.4 Å². The van der Waals surface area contributed by atoms with Crippen molar-refractivity contribution in [3.8, 4) is 5.75 Å². The molecule has 2 aromatic rings. The van der Waals surface area contributed by atoms with Crippen molar-refractivity contribution in [2.45, 2.75) is 19.4 Å². The van der Waals surface area contributed by atoms with Gasteiger partial charge in [-0.3, -0.25) is 19.7 Å². The van der Waals surface area contributed by atoms with Crippen LogP contribution in [0.1, 0.15) is 12.5 Å². The van der Waals surface area contributed by atoms with Gasteiger partial charge in [-0.2, -0.15) is 0 Å². The molecule has 8 nitrogen and oxygen atoms in total. The number of carbonyl (C=O) groups is 2. The molecule has 1 N–H and O–H groups in total. The molecule has 26 heavy (non-hydrogen) atoms. The molecule has 0 saturated heterocycles. The molecular formula is C18H18N2O6. The first kappa shape index (κ1) is 18.9. The van der Waals surface area contributed by atoms with Gasteiger partial charge in [0.15, 0.2) is 6.10 Å². The highest BCUT2D eigenvalue weighted by Gasteiger charge is 2.22. The standard InChI is InChI=1S/C18H18N2O6/c1-12(18(22)19-14-8-4-5-9-15(14)20(23)24)26-17(21)11-13-7-3-6-10-16(13)25-2/h3-10,12H,11H2,1-2H3,(H,19,22)/t12-/m1/s1. The highest BCUT2D eigenvalue weighted by Crippen LogP contribution is 2.23. The zero-order chi connectivity index (χ0) is 19.1. The fraction of sp³-hybridized carbons (Fsp3) is 0.222. The second kappa shape index (κ2) is 8.61. The third-order valence-corrected chi connectivity index (χ3v) is 3.56. The first-order valence-electron chi connectivity index (χ1n) is 7.78. The highest BCUT2D eigenvalue weighted by molar-refractivity contribution is 5.96. The fourth-order valence-corrected chi connectivity index (χ4v) is 2.27. The summed E-state index contributed by atoms with van der Waals surface area (Å²) in [5.74, 6) is -0.728. The molecule has 8 heteroatoms. The number of ether oxygens (including phenoxy) is 2. The van der Waals surface area contributed by atoms with E-state index in [-0.39, 0.29) is 17.8 Å². The zero-order valence-electron chi connectivity index (χ0n) is 14.3. The van der Waals surface area contributed by atoms with Gasteiger partial charge < -0.3 is 14.8 Å². The Bertz CT molecular complexity index is 821. The lowest BCUT2D eigenvalue weighted by Gasteiger charge is -2.14. The fourth-order valence-electron chi connectivity index (χ4n) is 2.27. The first-order valence-corrected chi connectivity index (χ1v) is 7.78. The molecule has 0 fully saturated rings. The summed E-state index contributed by atoms with van der Waals surface area (Å²) < 4.78 is 10.3. The third-order valence-electron chi connectivity index (χ3n) is 3.56. The molecule has 0 bridgehead atoms. The van der Waals surface area contributed by atoms with Crippen LogP contribution >= 0.6 is 0 Å². The number of hydrogen-bond acceptors (Lipinski definition) is 6. The van der Waals surface area contributed by atoms with Crippen molar-refractivity contribution < 1.29 is 24.0 Å². The highest BCUT2D eigenvalue weighted by atomic mass is 16.6. The number of nitro benzene ring substituents is 1. The van der Waals surface area contributed by atoms with Crippen molar-refractivity contribution in [2.24, 2.45) is 0 Å². The quantitative estimate of drug-likeness (QED) is 0.463. The minimum atomic E-state index is -1.11. The smallest absolute Gasteiger partial charge is 0.311 e. The van der Waals surface area contributed by atoms with Gasteiger partial charge in [-0.15, -0.1) is 0 Å². The number of rotatable bonds is 7. The van der Waals surface area contributed by atoms with Crippen LogP contribution in [0.25, 0.3) is 0 Å². The van der Waals surface area contributed by atoms with E-state index in [2.05, 4.69) is 5.32 Å². The molecule has 0 spiro atoms. The Morgan fingerprint density at radius 1 is 1.15 bits per heavy atom. The summed E-state index contributed by atoms with van der Waals surface area (Å²) in [5.41, 5.74) is 0.426. The second-order valence-corrected chi connectivity index (χ2v) is 5.38. The van der Waals surface area contributed by atoms with Gasteiger partial charge in [0.25, 0.3) is 11.6 Å². The monoisotopic (exact) mass is 358 g/mol. The van der Waals surface area contributed by atoms with Crippen LogP contribution in [-0.2, 0) is 20.7 Å². The largest absolute Gasteiger partial charge is 0.496 e. The minimum absolute atomic E-state index is 0.0372. The van der Waals surface area contributed by atoms with E-state index in [0.717, 1.165) is 0 Å². The summed E-state index contributed by atoms with van der Waals surface area (Å²) in [5, 5.41) is 13.4. The average molecular weight is 358 g/mol. The van der Waals surface area contributed by atoms with E-state index < -0.39 is 22.9 Å². The van der Waals surface area contributed by atoms with Crippen molar-refractivity contribution >= 4 is 23.3 Å². The van der Waals surface area contributed by atoms with E-state index >= 15 is 0 Å². The SMILES string of the molecule is COc1ccccc1CC(=O)O[C@H](C)C(=O)Nc1ccccc1[N+](=O)[O-]. The molecule has 0 unspecified atom stereocenters. The number of benzene rings is 2. The Balaban J connectivity index is 1.99. The van der Waals surface area contributed by atoms with E-state index in [1.807, 2.05) is 0 Å². The number of nitrogens with one attached hydrogen (secondary N) is 1. The van der Waals surface area contributed by atoms with Gasteiger partial charge in [-0.05, 0) is 19.1 Å². The van der Waals surface area contributed by atoms with Crippen LogP contribution in [0.2, 0.25) is 0 Å². The predicted molar refractivity (Wildman–Crippen MR) is 94.0 cm³/mol. The normalized spacial score (nSPS) is 11.3. The van der Waals surface area contributed by atoms with Gasteiger partial charge in [-0.1, -0.05) is 30.3 Å². The van der Waals surface area contributed by atoms with Gasteiger partial charge in [0.2, 0.25) is 0 Å². The lowest BCUT2D eigenvalue weighted by Crippen LogP contribution is -2.30. The lowest BCUT2D eigenvalue weighted by atomic mass is 10.1. The molecule has 0 aliphatic heterocycles. The lowest BCUT2D eigenvalue weighted by molar-refractivity contribution is -0.383. The maximum atomic E-state index is 12.2. The molecule has 136 valence electrons. The average Bonchev–Trinajstić information content (AvgIpc) is 2.62. The number of carbonyl (C=O) groups excluding carboxylic acids is 2. The Morgan fingerprint density at radius 2 is 1.81 bits per heavy atom. The molecule has 0 aliphatic carbocycles. The summed E-state index contributed by atoms with van der Waals surface area (Å²) in [4.78, 5) is 34.6. The Morgan fingerprint density at radius 3 is 2.50 bits per heavy atom. The summed E-state index contributed by atoms with van der Waals surface area (Å²) in [7, 11) is 1.49. The number of nitrogens with zero attached hydrogens (tertiary/aromatic N) is 1. The maximum Gasteiger partial charge on any atom is 0.311 e. The molecule has 0 aromatic heterocycles. The van der Waals surface area contributed by atoms with Crippen molar-refractivity contribution in [2.75, 3.05) is 12.4 Å². The van der Waals surface area contributed by atoms with Gasteiger partial charge >= 0.3 is 5.97 Å². The van der Waals surface area contributed by atoms with Crippen LogP contribution < -0.4 is 10.1 Å². The van der Waals surface area contributed by atoms with Crippen LogP contribution in [0, 0.1) is 10.1 Å². The minimum Gasteiger partial charge on any atom is -0.496 e. The van der Waals surface area contributed by atoms with E-state index in [4.69, 9.17) is 9.47 Å². The van der Waals surface area contributed by atoms with Gasteiger partial charge in [-0.25, -0.2) is 0 Å². The molecule has 2 aromatic carbocycles. The predicted octanol–water partition coefficient (Wildman–Crippen LogP) is 2.72. The van der Waals surface area contributed by atoms with E-state index in [1.54, 1.807) is 30.3 Å². The number of esters is 1. The van der Waals surface area contributed by atoms with Crippen LogP contribution in [-0.4, -0.2) is 30.0 Å². The van der Waals surface area contributed by atoms with Crippen molar-refractivity contribution in [1.29, 1.82) is 0 Å². The van der Waals surface area contributed by atoms with Crippen molar-refractivity contribution in [3.63, 3.8) is 0 Å². The van der Waals surface area contributed by atoms with Crippen LogP contribution in [0.15, 0.2) is 48.5 Å². The van der Waals surface area contributed by atoms with E-state index in [9.17, 15) is 19.7 Å². The molecule has 0 aliphatic rings. The summed E-state index contributed by atoms with van der Waals surface area (Å²) >= 11 is 0. The maximum absolute atomic E-state index is 12.2. The molecular weight excluding hydrogens is 340 g/mol. The second-order valence-electron chi connectivity index (χ2n) is 5.38. The van der Waals surface area contributed by atoms with E-state index in [1.165, 1.54) is 32.2 Å². The molecule has 1 atom stereocenters. The Kier molecular flexibility index (Phi) is 6.26. The number of nitro groups is 1. The Labute approximate surface area is 149 Å². The number of methoxy groups -OCH3 is 1. The summed E-state index contributed by atoms with van der Waals surface area (Å²) in [6.07, 6.45) is -1.18. The van der Waals surface area contributed by atoms with Crippen molar-refractivity contribution in [1.82, 2.24) is 0 Å². The molecule has 0 radical (unpaired) electrons. The van der Waals surface area contributed by atoms with Crippen LogP contribution in [0.4, 0.5) is 11.4 Å².